The number of piperazine rings is 1. The number of rotatable bonds is 2. The second-order valence-electron chi connectivity index (χ2n) is 7.85. The second kappa shape index (κ2) is 5.51. The number of likely N-dealkylation sites (N-methyl/N-ethyl adjacent to an activating group) is 1. The van der Waals surface area contributed by atoms with Crippen LogP contribution in [0.5, 0.6) is 11.5 Å². The molecule has 0 aliphatic carbocycles. The Balaban J connectivity index is 1.71. The van der Waals surface area contributed by atoms with Gasteiger partial charge in [-0.05, 0) is 31.0 Å². The van der Waals surface area contributed by atoms with Gasteiger partial charge in [-0.25, -0.2) is 0 Å². The van der Waals surface area contributed by atoms with Gasteiger partial charge in [0, 0.05) is 13.5 Å². The fourth-order valence-electron chi connectivity index (χ4n) is 4.87. The SMILES string of the molecule is CC[C@]12SSC3(C[C@](C)(C#N)[C@H](c4ccc5c(c4)OCO5)N3C1=O)C(=O)N2C. The number of nitrogens with zero attached hydrogens (tertiary/aromatic N) is 3. The third kappa shape index (κ3) is 1.88. The molecular formula is C19H19N3O4S2. The number of hydrogen-bond acceptors (Lipinski definition) is 7. The van der Waals surface area contributed by atoms with E-state index in [0.717, 1.165) is 5.56 Å². The molecule has 146 valence electrons. The molecule has 1 spiro atoms. The average molecular weight is 418 g/mol. The average Bonchev–Trinajstić information content (AvgIpc) is 3.27. The van der Waals surface area contributed by atoms with Gasteiger partial charge in [-0.15, -0.1) is 0 Å². The van der Waals surface area contributed by atoms with Crippen LogP contribution in [-0.4, -0.2) is 45.2 Å². The first-order chi connectivity index (χ1) is 13.3. The zero-order valence-corrected chi connectivity index (χ0v) is 17.4. The minimum atomic E-state index is -1.06. The van der Waals surface area contributed by atoms with Crippen LogP contribution in [0.2, 0.25) is 0 Å². The van der Waals surface area contributed by atoms with Crippen LogP contribution in [0.1, 0.15) is 38.3 Å². The van der Waals surface area contributed by atoms with Gasteiger partial charge < -0.3 is 19.3 Å². The molecule has 0 radical (unpaired) electrons. The van der Waals surface area contributed by atoms with Gasteiger partial charge in [0.2, 0.25) is 6.79 Å². The summed E-state index contributed by atoms with van der Waals surface area (Å²) in [7, 11) is 4.59. The van der Waals surface area contributed by atoms with E-state index in [2.05, 4.69) is 6.07 Å². The van der Waals surface area contributed by atoms with Gasteiger partial charge >= 0.3 is 0 Å². The molecule has 5 aliphatic heterocycles. The van der Waals surface area contributed by atoms with Crippen LogP contribution in [0.4, 0.5) is 0 Å². The highest BCUT2D eigenvalue weighted by Crippen LogP contribution is 2.70. The van der Waals surface area contributed by atoms with Crippen LogP contribution >= 0.6 is 21.6 Å². The van der Waals surface area contributed by atoms with Gasteiger partial charge in [-0.1, -0.05) is 34.6 Å². The normalized spacial score (nSPS) is 38.0. The summed E-state index contributed by atoms with van der Waals surface area (Å²) in [5.41, 5.74) is -0.111. The fraction of sp³-hybridized carbons (Fsp3) is 0.526. The van der Waals surface area contributed by atoms with E-state index >= 15 is 0 Å². The molecule has 1 unspecified atom stereocenters. The summed E-state index contributed by atoms with van der Waals surface area (Å²) in [4.78, 5) is 28.4. The lowest BCUT2D eigenvalue weighted by atomic mass is 9.79. The molecule has 4 atom stereocenters. The van der Waals surface area contributed by atoms with Gasteiger partial charge in [0.15, 0.2) is 21.2 Å². The Labute approximate surface area is 170 Å². The van der Waals surface area contributed by atoms with Crippen molar-refractivity contribution in [3.8, 4) is 17.6 Å². The summed E-state index contributed by atoms with van der Waals surface area (Å²) in [5, 5.41) is 10.1. The van der Waals surface area contributed by atoms with E-state index in [1.165, 1.54) is 21.6 Å². The minimum absolute atomic E-state index is 0.0949. The number of fused-ring (bicyclic) bond motifs is 3. The molecule has 0 saturated carbocycles. The lowest BCUT2D eigenvalue weighted by Gasteiger charge is -2.58. The highest BCUT2D eigenvalue weighted by molar-refractivity contribution is 8.78. The van der Waals surface area contributed by atoms with E-state index in [1.54, 1.807) is 22.9 Å². The summed E-state index contributed by atoms with van der Waals surface area (Å²) in [6.45, 7) is 3.91. The first-order valence-electron chi connectivity index (χ1n) is 9.13. The Morgan fingerprint density at radius 3 is 2.71 bits per heavy atom. The number of ether oxygens (including phenoxy) is 2. The van der Waals surface area contributed by atoms with Crippen molar-refractivity contribution < 1.29 is 19.1 Å². The zero-order valence-electron chi connectivity index (χ0n) is 15.7. The minimum Gasteiger partial charge on any atom is -0.454 e. The number of nitriles is 1. The molecule has 0 N–H and O–H groups in total. The number of hydrogen-bond donors (Lipinski definition) is 0. The number of benzene rings is 1. The van der Waals surface area contributed by atoms with Crippen LogP contribution in [-0.2, 0) is 9.59 Å². The molecule has 1 aromatic rings. The van der Waals surface area contributed by atoms with Crippen LogP contribution in [0.15, 0.2) is 18.2 Å². The largest absolute Gasteiger partial charge is 0.454 e. The van der Waals surface area contributed by atoms with Crippen LogP contribution < -0.4 is 9.47 Å². The number of carbonyl (C=O) groups is 2. The highest BCUT2D eigenvalue weighted by Gasteiger charge is 2.75. The quantitative estimate of drug-likeness (QED) is 0.684. The van der Waals surface area contributed by atoms with Crippen molar-refractivity contribution in [2.24, 2.45) is 5.41 Å². The third-order valence-corrected chi connectivity index (χ3v) is 10.1. The molecule has 1 aromatic carbocycles. The predicted molar refractivity (Wildman–Crippen MR) is 104 cm³/mol. The third-order valence-electron chi connectivity index (χ3n) is 6.36. The Kier molecular flexibility index (Phi) is 3.55. The van der Waals surface area contributed by atoms with Crippen molar-refractivity contribution in [3.63, 3.8) is 0 Å². The smallest absolute Gasteiger partial charge is 0.262 e. The maximum absolute atomic E-state index is 13.7. The van der Waals surface area contributed by atoms with Gasteiger partial charge in [0.25, 0.3) is 11.8 Å². The first kappa shape index (κ1) is 18.0. The molecule has 28 heavy (non-hydrogen) atoms. The monoisotopic (exact) mass is 417 g/mol. The lowest BCUT2D eigenvalue weighted by molar-refractivity contribution is -0.165. The van der Waals surface area contributed by atoms with Gasteiger partial charge in [0.1, 0.15) is 0 Å². The summed E-state index contributed by atoms with van der Waals surface area (Å²) < 4.78 is 10.9. The molecule has 9 heteroatoms. The molecule has 7 nitrogen and oxygen atoms in total. The summed E-state index contributed by atoms with van der Waals surface area (Å²) in [5.74, 6) is 1.06. The second-order valence-corrected chi connectivity index (χ2v) is 10.5. The Morgan fingerprint density at radius 2 is 2.00 bits per heavy atom. The molecule has 4 fully saturated rings. The Bertz CT molecular complexity index is 965. The van der Waals surface area contributed by atoms with Crippen LogP contribution in [0.3, 0.4) is 0 Å². The summed E-state index contributed by atoms with van der Waals surface area (Å²) in [6, 6.07) is 7.39. The molecule has 0 aromatic heterocycles. The van der Waals surface area contributed by atoms with E-state index in [4.69, 9.17) is 9.47 Å². The highest BCUT2D eigenvalue weighted by atomic mass is 33.1. The fourth-order valence-corrected chi connectivity index (χ4v) is 8.83. The molecule has 5 aliphatic rings. The number of carbonyl (C=O) groups excluding carboxylic acids is 2. The molecular weight excluding hydrogens is 398 g/mol. The Hall–Kier alpha value is -2.05. The lowest BCUT2D eigenvalue weighted by Crippen LogP contribution is -2.74. The first-order valence-corrected chi connectivity index (χ1v) is 11.3. The Morgan fingerprint density at radius 1 is 1.25 bits per heavy atom. The van der Waals surface area contributed by atoms with Crippen molar-refractivity contribution in [1.29, 1.82) is 5.26 Å². The topological polar surface area (TPSA) is 82.9 Å². The van der Waals surface area contributed by atoms with Crippen molar-refractivity contribution >= 4 is 33.4 Å². The van der Waals surface area contributed by atoms with Crippen molar-refractivity contribution in [2.45, 2.75) is 42.5 Å². The van der Waals surface area contributed by atoms with Crippen molar-refractivity contribution in [1.82, 2.24) is 9.80 Å². The van der Waals surface area contributed by atoms with E-state index in [0.29, 0.717) is 24.3 Å². The number of amides is 2. The van der Waals surface area contributed by atoms with Crippen molar-refractivity contribution in [2.75, 3.05) is 13.8 Å². The van der Waals surface area contributed by atoms with E-state index in [9.17, 15) is 14.9 Å². The predicted octanol–water partition coefficient (Wildman–Crippen LogP) is 2.89. The maximum Gasteiger partial charge on any atom is 0.262 e. The van der Waals surface area contributed by atoms with E-state index < -0.39 is 21.2 Å². The van der Waals surface area contributed by atoms with Gasteiger partial charge in [0.05, 0.1) is 17.5 Å². The molecule has 2 amide bonds. The summed E-state index contributed by atoms with van der Waals surface area (Å²) >= 11 is 0. The van der Waals surface area contributed by atoms with E-state index in [1.807, 2.05) is 26.0 Å². The van der Waals surface area contributed by atoms with Gasteiger partial charge in [-0.3, -0.25) is 9.59 Å². The van der Waals surface area contributed by atoms with Crippen LogP contribution in [0.25, 0.3) is 0 Å². The molecule has 5 heterocycles. The van der Waals surface area contributed by atoms with Crippen molar-refractivity contribution in [3.05, 3.63) is 23.8 Å². The summed E-state index contributed by atoms with van der Waals surface area (Å²) in [6.07, 6.45) is 0.803. The molecule has 2 bridgehead atoms. The standard InChI is InChI=1S/C19H19N3O4S2/c1-4-18-16(24)22-14(11-5-6-12-13(7-11)26-10-25-12)17(2,9-20)8-19(22,28-27-18)15(23)21(18)3/h5-7,14H,4,8,10H2,1-3H3/t14-,17+,18-,19?/m0/s1. The van der Waals surface area contributed by atoms with Crippen LogP contribution in [0, 0.1) is 16.7 Å². The molecule has 4 saturated heterocycles. The maximum atomic E-state index is 13.7. The zero-order chi connectivity index (χ0) is 19.9. The van der Waals surface area contributed by atoms with E-state index in [-0.39, 0.29) is 18.6 Å². The van der Waals surface area contributed by atoms with Gasteiger partial charge in [-0.2, -0.15) is 5.26 Å². The molecule has 6 rings (SSSR count).